The Bertz CT molecular complexity index is 370. The second-order valence-electron chi connectivity index (χ2n) is 3.10. The van der Waals surface area contributed by atoms with Crippen LogP contribution < -0.4 is 10.6 Å². The number of amides is 1. The minimum absolute atomic E-state index is 0.0356. The molecule has 0 aliphatic carbocycles. The highest BCUT2D eigenvalue weighted by Gasteiger charge is 2.30. The van der Waals surface area contributed by atoms with Gasteiger partial charge in [0, 0.05) is 13.0 Å². The zero-order valence-electron chi connectivity index (χ0n) is 7.35. The van der Waals surface area contributed by atoms with Gasteiger partial charge in [0.25, 0.3) is 0 Å². The van der Waals surface area contributed by atoms with Crippen LogP contribution in [-0.2, 0) is 4.79 Å². The highest BCUT2D eigenvalue weighted by molar-refractivity contribution is 6.24. The van der Waals surface area contributed by atoms with Gasteiger partial charge in [-0.05, 0) is 0 Å². The maximum atomic E-state index is 11.5. The molecule has 74 valence electrons. The molecule has 1 aliphatic heterocycles. The van der Waals surface area contributed by atoms with Crippen LogP contribution in [0.4, 0.5) is 11.5 Å². The Kier molecular flexibility index (Phi) is 2.25. The van der Waals surface area contributed by atoms with E-state index < -0.39 is 0 Å². The summed E-state index contributed by atoms with van der Waals surface area (Å²) in [5.41, 5.74) is 6.16. The molecular weight excluding hydrogens is 204 g/mol. The van der Waals surface area contributed by atoms with Gasteiger partial charge in [-0.3, -0.25) is 4.79 Å². The molecule has 2 N–H and O–H groups in total. The lowest BCUT2D eigenvalue weighted by atomic mass is 10.4. The van der Waals surface area contributed by atoms with E-state index in [4.69, 9.17) is 17.3 Å². The lowest BCUT2D eigenvalue weighted by molar-refractivity contribution is -0.117. The average molecular weight is 213 g/mol. The lowest BCUT2D eigenvalue weighted by Gasteiger charge is -2.15. The fraction of sp³-hybridized carbons (Fsp3) is 0.375. The molecule has 1 fully saturated rings. The number of hydrogen-bond acceptors (Lipinski definition) is 4. The average Bonchev–Trinajstić information content (AvgIpc) is 2.46. The van der Waals surface area contributed by atoms with Crippen molar-refractivity contribution in [1.82, 2.24) is 9.97 Å². The largest absolute Gasteiger partial charge is 0.382 e. The van der Waals surface area contributed by atoms with Gasteiger partial charge in [0.05, 0.1) is 11.6 Å². The molecule has 1 saturated heterocycles. The van der Waals surface area contributed by atoms with Crippen LogP contribution in [0.3, 0.4) is 0 Å². The summed E-state index contributed by atoms with van der Waals surface area (Å²) in [6, 6.07) is 0. The number of halogens is 1. The number of carbonyl (C=O) groups is 1. The molecule has 2 heterocycles. The first-order valence-corrected chi connectivity index (χ1v) is 4.62. The zero-order valence-corrected chi connectivity index (χ0v) is 8.11. The first-order valence-electron chi connectivity index (χ1n) is 4.18. The van der Waals surface area contributed by atoms with Gasteiger partial charge < -0.3 is 10.6 Å². The summed E-state index contributed by atoms with van der Waals surface area (Å²) in [6.07, 6.45) is 3.21. The summed E-state index contributed by atoms with van der Waals surface area (Å²) in [5, 5.41) is -0.151. The fourth-order valence-corrected chi connectivity index (χ4v) is 1.71. The number of hydrogen-bond donors (Lipinski definition) is 1. The van der Waals surface area contributed by atoms with Crippen LogP contribution in [0.1, 0.15) is 6.42 Å². The van der Waals surface area contributed by atoms with Crippen molar-refractivity contribution in [3.05, 3.63) is 12.5 Å². The van der Waals surface area contributed by atoms with E-state index in [1.54, 1.807) is 0 Å². The van der Waals surface area contributed by atoms with Crippen LogP contribution in [0.25, 0.3) is 0 Å². The van der Waals surface area contributed by atoms with Crippen LogP contribution in [0.15, 0.2) is 12.5 Å². The number of nitrogens with two attached hydrogens (primary N) is 1. The Hall–Kier alpha value is -1.36. The van der Waals surface area contributed by atoms with Crippen molar-refractivity contribution in [2.24, 2.45) is 0 Å². The summed E-state index contributed by atoms with van der Waals surface area (Å²) in [4.78, 5) is 20.6. The number of aromatic nitrogens is 2. The third-order valence-corrected chi connectivity index (χ3v) is 2.38. The standard InChI is InChI=1S/C8H9ClN4O/c9-5-1-7(14)13(3-5)6-2-11-4-12-8(6)10/h2,4-5H,1,3H2,(H2,10,11,12). The monoisotopic (exact) mass is 212 g/mol. The molecule has 2 rings (SSSR count). The van der Waals surface area contributed by atoms with Crippen molar-refractivity contribution in [3.63, 3.8) is 0 Å². The third kappa shape index (κ3) is 1.50. The third-order valence-electron chi connectivity index (χ3n) is 2.09. The minimum atomic E-state index is -0.151. The molecule has 1 aromatic heterocycles. The fourth-order valence-electron chi connectivity index (χ4n) is 1.44. The Balaban J connectivity index is 2.32. The summed E-state index contributed by atoms with van der Waals surface area (Å²) >= 11 is 5.86. The highest BCUT2D eigenvalue weighted by atomic mass is 35.5. The minimum Gasteiger partial charge on any atom is -0.382 e. The van der Waals surface area contributed by atoms with Crippen molar-refractivity contribution < 1.29 is 4.79 Å². The van der Waals surface area contributed by atoms with Gasteiger partial charge >= 0.3 is 0 Å². The maximum Gasteiger partial charge on any atom is 0.228 e. The van der Waals surface area contributed by atoms with Crippen LogP contribution in [0.2, 0.25) is 0 Å². The lowest BCUT2D eigenvalue weighted by Crippen LogP contribution is -2.26. The molecule has 1 aromatic rings. The number of nitrogens with zero attached hydrogens (tertiary/aromatic N) is 3. The molecule has 5 nitrogen and oxygen atoms in total. The van der Waals surface area contributed by atoms with E-state index in [0.717, 1.165) is 0 Å². The van der Waals surface area contributed by atoms with Crippen molar-refractivity contribution in [2.75, 3.05) is 17.2 Å². The van der Waals surface area contributed by atoms with E-state index in [1.165, 1.54) is 17.4 Å². The molecule has 1 atom stereocenters. The molecule has 1 aliphatic rings. The number of anilines is 2. The molecule has 1 amide bonds. The Labute approximate surface area is 85.9 Å². The summed E-state index contributed by atoms with van der Waals surface area (Å²) in [6.45, 7) is 0.470. The van der Waals surface area contributed by atoms with Gasteiger partial charge in [-0.15, -0.1) is 11.6 Å². The molecule has 0 radical (unpaired) electrons. The van der Waals surface area contributed by atoms with E-state index in [0.29, 0.717) is 24.5 Å². The van der Waals surface area contributed by atoms with E-state index in [-0.39, 0.29) is 11.3 Å². The topological polar surface area (TPSA) is 72.1 Å². The predicted molar refractivity (Wildman–Crippen MR) is 53.1 cm³/mol. The van der Waals surface area contributed by atoms with Crippen molar-refractivity contribution >= 4 is 29.0 Å². The molecule has 6 heteroatoms. The van der Waals surface area contributed by atoms with E-state index >= 15 is 0 Å². The maximum absolute atomic E-state index is 11.5. The van der Waals surface area contributed by atoms with E-state index in [9.17, 15) is 4.79 Å². The quantitative estimate of drug-likeness (QED) is 0.685. The van der Waals surface area contributed by atoms with Gasteiger partial charge in [0.1, 0.15) is 12.0 Å². The normalized spacial score (nSPS) is 21.6. The Morgan fingerprint density at radius 1 is 1.64 bits per heavy atom. The van der Waals surface area contributed by atoms with E-state index in [1.807, 2.05) is 0 Å². The first-order chi connectivity index (χ1) is 6.68. The number of rotatable bonds is 1. The molecule has 0 saturated carbocycles. The first kappa shape index (κ1) is 9.21. The predicted octanol–water partition coefficient (Wildman–Crippen LogP) is 0.403. The Morgan fingerprint density at radius 3 is 3.00 bits per heavy atom. The summed E-state index contributed by atoms with van der Waals surface area (Å²) in [7, 11) is 0. The summed E-state index contributed by atoms with van der Waals surface area (Å²) < 4.78 is 0. The summed E-state index contributed by atoms with van der Waals surface area (Å²) in [5.74, 6) is 0.269. The van der Waals surface area contributed by atoms with E-state index in [2.05, 4.69) is 9.97 Å². The van der Waals surface area contributed by atoms with Crippen LogP contribution in [-0.4, -0.2) is 27.8 Å². The highest BCUT2D eigenvalue weighted by Crippen LogP contribution is 2.26. The van der Waals surface area contributed by atoms with Gasteiger partial charge in [0.2, 0.25) is 5.91 Å². The second kappa shape index (κ2) is 3.42. The van der Waals surface area contributed by atoms with Crippen LogP contribution in [0.5, 0.6) is 0 Å². The number of alkyl halides is 1. The number of nitrogen functional groups attached to an aromatic ring is 1. The van der Waals surface area contributed by atoms with Gasteiger partial charge in [-0.2, -0.15) is 0 Å². The van der Waals surface area contributed by atoms with Crippen LogP contribution in [0, 0.1) is 0 Å². The van der Waals surface area contributed by atoms with Crippen molar-refractivity contribution in [3.8, 4) is 0 Å². The number of carbonyl (C=O) groups excluding carboxylic acids is 1. The van der Waals surface area contributed by atoms with Gasteiger partial charge in [-0.1, -0.05) is 0 Å². The second-order valence-corrected chi connectivity index (χ2v) is 3.72. The molecule has 0 spiro atoms. The zero-order chi connectivity index (χ0) is 10.1. The molecule has 14 heavy (non-hydrogen) atoms. The van der Waals surface area contributed by atoms with Crippen LogP contribution >= 0.6 is 11.6 Å². The van der Waals surface area contributed by atoms with Gasteiger partial charge in [-0.25, -0.2) is 9.97 Å². The van der Waals surface area contributed by atoms with Crippen molar-refractivity contribution in [1.29, 1.82) is 0 Å². The SMILES string of the molecule is Nc1ncncc1N1CC(Cl)CC1=O. The molecule has 0 bridgehead atoms. The smallest absolute Gasteiger partial charge is 0.228 e. The Morgan fingerprint density at radius 2 is 2.43 bits per heavy atom. The van der Waals surface area contributed by atoms with Crippen molar-refractivity contribution in [2.45, 2.75) is 11.8 Å². The van der Waals surface area contributed by atoms with Gasteiger partial charge in [0.15, 0.2) is 5.82 Å². The molecule has 0 aromatic carbocycles. The molecule has 1 unspecified atom stereocenters. The molecular formula is C8H9ClN4O.